The summed E-state index contributed by atoms with van der Waals surface area (Å²) in [5, 5.41) is 9.90. The summed E-state index contributed by atoms with van der Waals surface area (Å²) in [7, 11) is 0. The molecule has 0 saturated carbocycles. The van der Waals surface area contributed by atoms with Crippen molar-refractivity contribution in [2.24, 2.45) is 0 Å². The highest BCUT2D eigenvalue weighted by atomic mass is 32.1. The van der Waals surface area contributed by atoms with E-state index < -0.39 is 0 Å². The van der Waals surface area contributed by atoms with E-state index in [1.165, 1.54) is 11.3 Å². The first-order chi connectivity index (χ1) is 6.31. The van der Waals surface area contributed by atoms with Gasteiger partial charge in [-0.1, -0.05) is 11.3 Å². The SMILES string of the molecule is Cc1nc(-n2cccc2)sc1CO. The van der Waals surface area contributed by atoms with Gasteiger partial charge < -0.3 is 9.67 Å². The Hall–Kier alpha value is -1.13. The van der Waals surface area contributed by atoms with Crippen molar-refractivity contribution in [2.75, 3.05) is 0 Å². The Labute approximate surface area is 80.3 Å². The van der Waals surface area contributed by atoms with E-state index in [9.17, 15) is 0 Å². The summed E-state index contributed by atoms with van der Waals surface area (Å²) in [6, 6.07) is 3.91. The molecule has 2 rings (SSSR count). The van der Waals surface area contributed by atoms with E-state index >= 15 is 0 Å². The van der Waals surface area contributed by atoms with Gasteiger partial charge in [-0.25, -0.2) is 4.98 Å². The summed E-state index contributed by atoms with van der Waals surface area (Å²) in [4.78, 5) is 5.28. The third kappa shape index (κ3) is 1.50. The molecule has 0 fully saturated rings. The molecule has 2 aromatic rings. The highest BCUT2D eigenvalue weighted by Gasteiger charge is 2.06. The maximum absolute atomic E-state index is 8.99. The first-order valence-electron chi connectivity index (χ1n) is 4.02. The highest BCUT2D eigenvalue weighted by molar-refractivity contribution is 7.14. The molecular weight excluding hydrogens is 184 g/mol. The lowest BCUT2D eigenvalue weighted by atomic mass is 10.4. The largest absolute Gasteiger partial charge is 0.391 e. The fourth-order valence-electron chi connectivity index (χ4n) is 1.13. The number of aryl methyl sites for hydroxylation is 1. The lowest BCUT2D eigenvalue weighted by molar-refractivity contribution is 0.284. The van der Waals surface area contributed by atoms with Crippen molar-refractivity contribution in [3.63, 3.8) is 0 Å². The quantitative estimate of drug-likeness (QED) is 0.790. The van der Waals surface area contributed by atoms with Gasteiger partial charge in [0.1, 0.15) is 0 Å². The molecule has 2 aromatic heterocycles. The number of aromatic nitrogens is 2. The smallest absolute Gasteiger partial charge is 0.194 e. The zero-order chi connectivity index (χ0) is 9.26. The van der Waals surface area contributed by atoms with Crippen LogP contribution in [0.25, 0.3) is 5.13 Å². The van der Waals surface area contributed by atoms with Gasteiger partial charge in [-0.15, -0.1) is 0 Å². The second kappa shape index (κ2) is 3.32. The molecule has 1 N–H and O–H groups in total. The van der Waals surface area contributed by atoms with Crippen LogP contribution in [0.5, 0.6) is 0 Å². The van der Waals surface area contributed by atoms with Gasteiger partial charge in [-0.3, -0.25) is 0 Å². The molecule has 68 valence electrons. The number of nitrogens with zero attached hydrogens (tertiary/aromatic N) is 2. The zero-order valence-corrected chi connectivity index (χ0v) is 8.08. The van der Waals surface area contributed by atoms with Crippen molar-refractivity contribution in [2.45, 2.75) is 13.5 Å². The first-order valence-corrected chi connectivity index (χ1v) is 4.83. The number of thiazole rings is 1. The molecule has 0 unspecified atom stereocenters. The normalized spacial score (nSPS) is 10.6. The molecule has 0 saturated heterocycles. The third-order valence-corrected chi connectivity index (χ3v) is 3.01. The van der Waals surface area contributed by atoms with E-state index in [1.807, 2.05) is 36.0 Å². The molecule has 0 aliphatic rings. The minimum absolute atomic E-state index is 0.0742. The van der Waals surface area contributed by atoms with Gasteiger partial charge in [0.25, 0.3) is 0 Å². The van der Waals surface area contributed by atoms with E-state index in [0.717, 1.165) is 15.7 Å². The Bertz CT molecular complexity index is 392. The molecule has 2 heterocycles. The highest BCUT2D eigenvalue weighted by Crippen LogP contribution is 2.21. The lowest BCUT2D eigenvalue weighted by Crippen LogP contribution is -1.87. The monoisotopic (exact) mass is 194 g/mol. The molecule has 0 aliphatic heterocycles. The van der Waals surface area contributed by atoms with Gasteiger partial charge in [0.05, 0.1) is 17.2 Å². The van der Waals surface area contributed by atoms with E-state index in [4.69, 9.17) is 5.11 Å². The molecule has 0 radical (unpaired) electrons. The lowest BCUT2D eigenvalue weighted by Gasteiger charge is -1.92. The van der Waals surface area contributed by atoms with Gasteiger partial charge in [0.15, 0.2) is 5.13 Å². The van der Waals surface area contributed by atoms with Gasteiger partial charge in [-0.05, 0) is 19.1 Å². The van der Waals surface area contributed by atoms with Crippen LogP contribution in [0.1, 0.15) is 10.6 Å². The predicted octanol–water partition coefficient (Wildman–Crippen LogP) is 1.73. The standard InChI is InChI=1S/C9H10N2OS/c1-7-8(6-12)13-9(10-7)11-4-2-3-5-11/h2-5,12H,6H2,1H3. The van der Waals surface area contributed by atoms with Gasteiger partial charge in [0.2, 0.25) is 0 Å². The fourth-order valence-corrected chi connectivity index (χ4v) is 2.02. The van der Waals surface area contributed by atoms with Crippen LogP contribution in [0, 0.1) is 6.92 Å². The number of aliphatic hydroxyl groups excluding tert-OH is 1. The molecule has 0 amide bonds. The molecule has 0 spiro atoms. The summed E-state index contributed by atoms with van der Waals surface area (Å²) in [5.41, 5.74) is 0.913. The van der Waals surface area contributed by atoms with Gasteiger partial charge in [-0.2, -0.15) is 0 Å². The van der Waals surface area contributed by atoms with E-state index in [2.05, 4.69) is 4.98 Å². The summed E-state index contributed by atoms with van der Waals surface area (Å²) < 4.78 is 1.94. The molecule has 4 heteroatoms. The number of hydrogen-bond acceptors (Lipinski definition) is 3. The molecule has 0 atom stereocenters. The van der Waals surface area contributed by atoms with Crippen LogP contribution in [0.4, 0.5) is 0 Å². The minimum Gasteiger partial charge on any atom is -0.391 e. The average molecular weight is 194 g/mol. The predicted molar refractivity (Wildman–Crippen MR) is 52.1 cm³/mol. The second-order valence-electron chi connectivity index (χ2n) is 2.75. The third-order valence-electron chi connectivity index (χ3n) is 1.85. The Kier molecular flexibility index (Phi) is 2.16. The maximum Gasteiger partial charge on any atom is 0.194 e. The van der Waals surface area contributed by atoms with E-state index in [-0.39, 0.29) is 6.61 Å². The van der Waals surface area contributed by atoms with Crippen LogP contribution in [-0.4, -0.2) is 14.7 Å². The Morgan fingerprint density at radius 2 is 2.15 bits per heavy atom. The van der Waals surface area contributed by atoms with Crippen LogP contribution in [-0.2, 0) is 6.61 Å². The number of hydrogen-bond donors (Lipinski definition) is 1. The van der Waals surface area contributed by atoms with Gasteiger partial charge >= 0.3 is 0 Å². The van der Waals surface area contributed by atoms with Crippen molar-refractivity contribution in [1.29, 1.82) is 0 Å². The Balaban J connectivity index is 2.43. The topological polar surface area (TPSA) is 38.0 Å². The van der Waals surface area contributed by atoms with Crippen LogP contribution in [0.15, 0.2) is 24.5 Å². The van der Waals surface area contributed by atoms with Crippen molar-refractivity contribution >= 4 is 11.3 Å². The molecular formula is C9H10N2OS. The van der Waals surface area contributed by atoms with Crippen LogP contribution in [0.3, 0.4) is 0 Å². The van der Waals surface area contributed by atoms with Crippen molar-refractivity contribution in [3.05, 3.63) is 35.1 Å². The average Bonchev–Trinajstić information content (AvgIpc) is 2.71. The molecule has 0 bridgehead atoms. The van der Waals surface area contributed by atoms with Gasteiger partial charge in [0, 0.05) is 12.4 Å². The van der Waals surface area contributed by atoms with Crippen LogP contribution >= 0.6 is 11.3 Å². The summed E-state index contributed by atoms with van der Waals surface area (Å²) in [6.07, 6.45) is 3.89. The summed E-state index contributed by atoms with van der Waals surface area (Å²) in [6.45, 7) is 1.99. The molecule has 0 aromatic carbocycles. The molecule has 13 heavy (non-hydrogen) atoms. The van der Waals surface area contributed by atoms with E-state index in [0.29, 0.717) is 0 Å². The van der Waals surface area contributed by atoms with Crippen molar-refractivity contribution in [1.82, 2.24) is 9.55 Å². The van der Waals surface area contributed by atoms with Crippen LogP contribution in [0.2, 0.25) is 0 Å². The maximum atomic E-state index is 8.99. The number of rotatable bonds is 2. The Morgan fingerprint density at radius 3 is 2.69 bits per heavy atom. The zero-order valence-electron chi connectivity index (χ0n) is 7.27. The summed E-state index contributed by atoms with van der Waals surface area (Å²) in [5.74, 6) is 0. The van der Waals surface area contributed by atoms with Crippen molar-refractivity contribution < 1.29 is 5.11 Å². The second-order valence-corrected chi connectivity index (χ2v) is 3.82. The first kappa shape index (κ1) is 8.47. The fraction of sp³-hybridized carbons (Fsp3) is 0.222. The summed E-state index contributed by atoms with van der Waals surface area (Å²) >= 11 is 1.52. The van der Waals surface area contributed by atoms with Crippen LogP contribution < -0.4 is 0 Å². The van der Waals surface area contributed by atoms with Crippen molar-refractivity contribution in [3.8, 4) is 5.13 Å². The molecule has 0 aliphatic carbocycles. The minimum atomic E-state index is 0.0742. The van der Waals surface area contributed by atoms with E-state index in [1.54, 1.807) is 0 Å². The number of aliphatic hydroxyl groups is 1. The molecule has 3 nitrogen and oxygen atoms in total. The Morgan fingerprint density at radius 1 is 1.46 bits per heavy atom.